The summed E-state index contributed by atoms with van der Waals surface area (Å²) in [6.07, 6.45) is 1.44. The lowest BCUT2D eigenvalue weighted by Crippen LogP contribution is -2.41. The molecule has 1 aromatic rings. The molecule has 0 bridgehead atoms. The highest BCUT2D eigenvalue weighted by molar-refractivity contribution is 5.69. The fourth-order valence-corrected chi connectivity index (χ4v) is 2.37. The van der Waals surface area contributed by atoms with Gasteiger partial charge in [-0.15, -0.1) is 0 Å². The van der Waals surface area contributed by atoms with Gasteiger partial charge in [-0.2, -0.15) is 0 Å². The van der Waals surface area contributed by atoms with Gasteiger partial charge >= 0.3 is 6.09 Å². The Morgan fingerprint density at radius 3 is 2.78 bits per heavy atom. The Morgan fingerprint density at radius 1 is 1.39 bits per heavy atom. The van der Waals surface area contributed by atoms with Crippen LogP contribution in [0.2, 0.25) is 0 Å². The molecule has 0 aliphatic carbocycles. The van der Waals surface area contributed by atoms with Crippen molar-refractivity contribution in [1.29, 1.82) is 0 Å². The van der Waals surface area contributed by atoms with Crippen LogP contribution in [0.4, 0.5) is 4.79 Å². The molecular formula is C14H19NO3. The van der Waals surface area contributed by atoms with Crippen LogP contribution in [-0.4, -0.2) is 34.8 Å². The van der Waals surface area contributed by atoms with Gasteiger partial charge in [-0.1, -0.05) is 30.3 Å². The fraction of sp³-hybridized carbons (Fsp3) is 0.500. The maximum Gasteiger partial charge on any atom is 0.410 e. The van der Waals surface area contributed by atoms with E-state index in [2.05, 4.69) is 0 Å². The first-order valence-electron chi connectivity index (χ1n) is 6.32. The van der Waals surface area contributed by atoms with E-state index in [0.717, 1.165) is 18.4 Å². The molecule has 0 saturated carbocycles. The van der Waals surface area contributed by atoms with Crippen LogP contribution in [0.1, 0.15) is 25.3 Å². The van der Waals surface area contributed by atoms with Gasteiger partial charge in [-0.25, -0.2) is 4.79 Å². The first-order valence-corrected chi connectivity index (χ1v) is 6.32. The minimum atomic E-state index is -0.331. The predicted octanol–water partition coefficient (Wildman–Crippen LogP) is 2.17. The molecule has 1 amide bonds. The molecule has 0 spiro atoms. The second-order valence-corrected chi connectivity index (χ2v) is 4.71. The van der Waals surface area contributed by atoms with E-state index < -0.39 is 0 Å². The van der Waals surface area contributed by atoms with E-state index in [-0.39, 0.29) is 31.4 Å². The Kier molecular flexibility index (Phi) is 4.20. The van der Waals surface area contributed by atoms with Crippen molar-refractivity contribution in [3.63, 3.8) is 0 Å². The van der Waals surface area contributed by atoms with Crippen LogP contribution in [-0.2, 0) is 11.3 Å². The summed E-state index contributed by atoms with van der Waals surface area (Å²) in [6, 6.07) is 9.65. The van der Waals surface area contributed by atoms with Crippen LogP contribution in [0.5, 0.6) is 0 Å². The van der Waals surface area contributed by atoms with Crippen molar-refractivity contribution in [2.45, 2.75) is 38.5 Å². The summed E-state index contributed by atoms with van der Waals surface area (Å²) in [7, 11) is 0. The van der Waals surface area contributed by atoms with Crippen LogP contribution in [0, 0.1) is 0 Å². The number of ether oxygens (including phenoxy) is 1. The zero-order valence-corrected chi connectivity index (χ0v) is 10.6. The van der Waals surface area contributed by atoms with Crippen LogP contribution >= 0.6 is 0 Å². The number of benzene rings is 1. The standard InChI is InChI=1S/C14H19NO3/c1-11-7-8-13(9-16)15(11)14(17)18-10-12-5-3-2-4-6-12/h2-6,11,13,16H,7-10H2,1H3/t11-,13-/m0/s1. The van der Waals surface area contributed by atoms with Gasteiger partial charge in [0, 0.05) is 6.04 Å². The zero-order valence-electron chi connectivity index (χ0n) is 10.6. The number of aliphatic hydroxyl groups excluding tert-OH is 1. The van der Waals surface area contributed by atoms with Crippen molar-refractivity contribution in [3.05, 3.63) is 35.9 Å². The molecule has 1 aliphatic rings. The predicted molar refractivity (Wildman–Crippen MR) is 68.0 cm³/mol. The number of hydrogen-bond donors (Lipinski definition) is 1. The topological polar surface area (TPSA) is 49.8 Å². The van der Waals surface area contributed by atoms with Gasteiger partial charge in [0.15, 0.2) is 0 Å². The Balaban J connectivity index is 1.91. The van der Waals surface area contributed by atoms with Crippen molar-refractivity contribution >= 4 is 6.09 Å². The molecule has 4 nitrogen and oxygen atoms in total. The molecule has 0 unspecified atom stereocenters. The molecule has 2 rings (SSSR count). The third-order valence-electron chi connectivity index (χ3n) is 3.41. The lowest BCUT2D eigenvalue weighted by molar-refractivity contribution is 0.0677. The third kappa shape index (κ3) is 2.82. The number of carbonyl (C=O) groups is 1. The van der Waals surface area contributed by atoms with Crippen LogP contribution < -0.4 is 0 Å². The summed E-state index contributed by atoms with van der Waals surface area (Å²) in [5.41, 5.74) is 0.971. The van der Waals surface area contributed by atoms with Crippen molar-refractivity contribution in [3.8, 4) is 0 Å². The number of carbonyl (C=O) groups excluding carboxylic acids is 1. The Bertz CT molecular complexity index is 393. The van der Waals surface area contributed by atoms with Gasteiger partial charge in [-0.3, -0.25) is 0 Å². The van der Waals surface area contributed by atoms with E-state index in [1.165, 1.54) is 0 Å². The van der Waals surface area contributed by atoms with Crippen molar-refractivity contribution in [1.82, 2.24) is 4.90 Å². The molecule has 18 heavy (non-hydrogen) atoms. The monoisotopic (exact) mass is 249 g/mol. The summed E-state index contributed by atoms with van der Waals surface area (Å²) < 4.78 is 5.29. The Morgan fingerprint density at radius 2 is 2.11 bits per heavy atom. The molecule has 1 fully saturated rings. The van der Waals surface area contributed by atoms with Gasteiger partial charge in [0.25, 0.3) is 0 Å². The molecule has 4 heteroatoms. The number of nitrogens with zero attached hydrogens (tertiary/aromatic N) is 1. The quantitative estimate of drug-likeness (QED) is 0.893. The van der Waals surface area contributed by atoms with Gasteiger partial charge in [0.05, 0.1) is 12.6 Å². The number of likely N-dealkylation sites (tertiary alicyclic amines) is 1. The molecule has 1 saturated heterocycles. The summed E-state index contributed by atoms with van der Waals surface area (Å²) in [5.74, 6) is 0. The zero-order chi connectivity index (χ0) is 13.0. The molecule has 1 N–H and O–H groups in total. The van der Waals surface area contributed by atoms with E-state index in [4.69, 9.17) is 4.74 Å². The molecule has 1 aromatic carbocycles. The highest BCUT2D eigenvalue weighted by Crippen LogP contribution is 2.24. The van der Waals surface area contributed by atoms with Crippen LogP contribution in [0.25, 0.3) is 0 Å². The second-order valence-electron chi connectivity index (χ2n) is 4.71. The molecule has 2 atom stereocenters. The fourth-order valence-electron chi connectivity index (χ4n) is 2.37. The lowest BCUT2D eigenvalue weighted by atomic mass is 10.2. The highest BCUT2D eigenvalue weighted by Gasteiger charge is 2.34. The SMILES string of the molecule is C[C@H]1CC[C@@H](CO)N1C(=O)OCc1ccccc1. The van der Waals surface area contributed by atoms with Crippen molar-refractivity contribution in [2.24, 2.45) is 0 Å². The largest absolute Gasteiger partial charge is 0.445 e. The van der Waals surface area contributed by atoms with Crippen molar-refractivity contribution in [2.75, 3.05) is 6.61 Å². The molecule has 1 heterocycles. The molecule has 98 valence electrons. The maximum absolute atomic E-state index is 12.0. The number of hydrogen-bond acceptors (Lipinski definition) is 3. The van der Waals surface area contributed by atoms with Gasteiger partial charge in [-0.05, 0) is 25.3 Å². The minimum Gasteiger partial charge on any atom is -0.445 e. The molecule has 0 aromatic heterocycles. The van der Waals surface area contributed by atoms with Crippen LogP contribution in [0.3, 0.4) is 0 Å². The van der Waals surface area contributed by atoms with E-state index >= 15 is 0 Å². The van der Waals surface area contributed by atoms with Gasteiger partial charge in [0.2, 0.25) is 0 Å². The average molecular weight is 249 g/mol. The minimum absolute atomic E-state index is 0.00474. The number of rotatable bonds is 3. The second kappa shape index (κ2) is 5.87. The van der Waals surface area contributed by atoms with E-state index in [9.17, 15) is 9.90 Å². The Hall–Kier alpha value is -1.55. The summed E-state index contributed by atoms with van der Waals surface area (Å²) in [4.78, 5) is 13.6. The maximum atomic E-state index is 12.0. The average Bonchev–Trinajstić information content (AvgIpc) is 2.78. The molecule has 1 aliphatic heterocycles. The van der Waals surface area contributed by atoms with Gasteiger partial charge in [0.1, 0.15) is 6.61 Å². The normalized spacial score (nSPS) is 23.1. The number of aliphatic hydroxyl groups is 1. The lowest BCUT2D eigenvalue weighted by Gasteiger charge is -2.26. The first-order chi connectivity index (χ1) is 8.72. The summed E-state index contributed by atoms with van der Waals surface area (Å²) in [6.45, 7) is 2.27. The van der Waals surface area contributed by atoms with Crippen LogP contribution in [0.15, 0.2) is 30.3 Å². The molecule has 0 radical (unpaired) electrons. The van der Waals surface area contributed by atoms with Gasteiger partial charge < -0.3 is 14.7 Å². The van der Waals surface area contributed by atoms with Crippen molar-refractivity contribution < 1.29 is 14.6 Å². The Labute approximate surface area is 107 Å². The highest BCUT2D eigenvalue weighted by atomic mass is 16.6. The number of amides is 1. The summed E-state index contributed by atoms with van der Waals surface area (Å²) in [5, 5.41) is 9.24. The summed E-state index contributed by atoms with van der Waals surface area (Å²) >= 11 is 0. The molecular weight excluding hydrogens is 230 g/mol. The smallest absolute Gasteiger partial charge is 0.410 e. The first kappa shape index (κ1) is 12.9. The third-order valence-corrected chi connectivity index (χ3v) is 3.41. The van der Waals surface area contributed by atoms with E-state index in [1.54, 1.807) is 4.90 Å². The van der Waals surface area contributed by atoms with E-state index in [1.807, 2.05) is 37.3 Å². The van der Waals surface area contributed by atoms with E-state index in [0.29, 0.717) is 0 Å².